The molecule has 2 aromatic heterocycles. The Hall–Kier alpha value is -3.36. The molecule has 8 heteroatoms. The lowest BCUT2D eigenvalue weighted by Crippen LogP contribution is -2.45. The molecular formula is C26H28F2N6. The molecule has 4 aromatic rings. The zero-order valence-corrected chi connectivity index (χ0v) is 19.4. The van der Waals surface area contributed by atoms with Gasteiger partial charge in [-0.2, -0.15) is 4.98 Å². The first kappa shape index (κ1) is 22.4. The normalized spacial score (nSPS) is 15.2. The predicted octanol–water partition coefficient (Wildman–Crippen LogP) is 4.89. The summed E-state index contributed by atoms with van der Waals surface area (Å²) in [6, 6.07) is 12.0. The molecule has 1 N–H and O–H groups in total. The summed E-state index contributed by atoms with van der Waals surface area (Å²) in [6.45, 7) is 9.52. The van der Waals surface area contributed by atoms with Crippen LogP contribution in [0.1, 0.15) is 18.1 Å². The minimum Gasteiger partial charge on any atom is -0.324 e. The van der Waals surface area contributed by atoms with E-state index in [4.69, 9.17) is 0 Å². The summed E-state index contributed by atoms with van der Waals surface area (Å²) in [5.41, 5.74) is 3.31. The Bertz CT molecular complexity index is 1310. The molecule has 0 spiro atoms. The molecule has 5 rings (SSSR count). The highest BCUT2D eigenvalue weighted by atomic mass is 19.1. The lowest BCUT2D eigenvalue weighted by Gasteiger charge is -2.34. The molecule has 0 aliphatic carbocycles. The number of benzene rings is 2. The van der Waals surface area contributed by atoms with Gasteiger partial charge in [-0.15, -0.1) is 0 Å². The van der Waals surface area contributed by atoms with Crippen LogP contribution in [0.15, 0.2) is 54.9 Å². The molecule has 1 saturated heterocycles. The van der Waals surface area contributed by atoms with Crippen LogP contribution < -0.4 is 5.32 Å². The van der Waals surface area contributed by atoms with Gasteiger partial charge < -0.3 is 14.8 Å². The SMILES string of the molecule is CCN1CCN(Cc2ccc(-n3ccc4cnc(Nc5ccc(F)c(C)c5)nc43)cc2F)CC1. The first-order chi connectivity index (χ1) is 16.5. The van der Waals surface area contributed by atoms with Crippen molar-refractivity contribution in [3.05, 3.63) is 77.6 Å². The number of hydrogen-bond acceptors (Lipinski definition) is 5. The number of aryl methyl sites for hydroxylation is 1. The molecule has 0 unspecified atom stereocenters. The molecule has 0 amide bonds. The molecule has 2 aromatic carbocycles. The summed E-state index contributed by atoms with van der Waals surface area (Å²) in [5, 5.41) is 3.97. The van der Waals surface area contributed by atoms with E-state index in [0.29, 0.717) is 40.6 Å². The first-order valence-corrected chi connectivity index (χ1v) is 11.6. The summed E-state index contributed by atoms with van der Waals surface area (Å²) < 4.78 is 30.5. The minimum absolute atomic E-state index is 0.216. The van der Waals surface area contributed by atoms with Crippen molar-refractivity contribution in [1.82, 2.24) is 24.3 Å². The van der Waals surface area contributed by atoms with E-state index in [0.717, 1.165) is 38.1 Å². The maximum atomic E-state index is 15.1. The van der Waals surface area contributed by atoms with E-state index < -0.39 is 0 Å². The molecule has 6 nitrogen and oxygen atoms in total. The van der Waals surface area contributed by atoms with E-state index >= 15 is 4.39 Å². The second-order valence-corrected chi connectivity index (χ2v) is 8.73. The van der Waals surface area contributed by atoms with E-state index in [1.165, 1.54) is 6.07 Å². The number of anilines is 2. The minimum atomic E-state index is -0.260. The van der Waals surface area contributed by atoms with Crippen molar-refractivity contribution in [2.45, 2.75) is 20.4 Å². The highest BCUT2D eigenvalue weighted by Gasteiger charge is 2.17. The molecule has 1 aliphatic rings. The summed E-state index contributed by atoms with van der Waals surface area (Å²) in [7, 11) is 0. The van der Waals surface area contributed by atoms with Gasteiger partial charge in [0.25, 0.3) is 0 Å². The summed E-state index contributed by atoms with van der Waals surface area (Å²) in [4.78, 5) is 13.7. The molecule has 3 heterocycles. The quantitative estimate of drug-likeness (QED) is 0.442. The number of nitrogens with one attached hydrogen (secondary N) is 1. The second-order valence-electron chi connectivity index (χ2n) is 8.73. The Morgan fingerprint density at radius 3 is 2.47 bits per heavy atom. The van der Waals surface area contributed by atoms with Crippen LogP contribution in [0, 0.1) is 18.6 Å². The van der Waals surface area contributed by atoms with Gasteiger partial charge in [0.2, 0.25) is 5.95 Å². The van der Waals surface area contributed by atoms with Crippen LogP contribution in [0.3, 0.4) is 0 Å². The fraction of sp³-hybridized carbons (Fsp3) is 0.308. The lowest BCUT2D eigenvalue weighted by atomic mass is 10.1. The monoisotopic (exact) mass is 462 g/mol. The largest absolute Gasteiger partial charge is 0.324 e. The fourth-order valence-corrected chi connectivity index (χ4v) is 4.36. The van der Waals surface area contributed by atoms with Crippen molar-refractivity contribution in [2.75, 3.05) is 38.0 Å². The third-order valence-corrected chi connectivity index (χ3v) is 6.46. The third kappa shape index (κ3) is 4.64. The van der Waals surface area contributed by atoms with Crippen LogP contribution >= 0.6 is 0 Å². The zero-order chi connectivity index (χ0) is 23.7. The number of nitrogens with zero attached hydrogens (tertiary/aromatic N) is 5. The summed E-state index contributed by atoms with van der Waals surface area (Å²) in [5.74, 6) is -0.0854. The van der Waals surface area contributed by atoms with Crippen LogP contribution in [-0.4, -0.2) is 57.1 Å². The number of fused-ring (bicyclic) bond motifs is 1. The van der Waals surface area contributed by atoms with Crippen LogP contribution in [0.5, 0.6) is 0 Å². The Labute approximate surface area is 197 Å². The van der Waals surface area contributed by atoms with Crippen LogP contribution in [0.25, 0.3) is 16.7 Å². The molecular weight excluding hydrogens is 434 g/mol. The maximum absolute atomic E-state index is 15.1. The van der Waals surface area contributed by atoms with Crippen LogP contribution in [0.4, 0.5) is 20.4 Å². The predicted molar refractivity (Wildman–Crippen MR) is 131 cm³/mol. The third-order valence-electron chi connectivity index (χ3n) is 6.46. The Morgan fingerprint density at radius 2 is 1.74 bits per heavy atom. The Balaban J connectivity index is 1.36. The average Bonchev–Trinajstić information content (AvgIpc) is 3.26. The van der Waals surface area contributed by atoms with Crippen molar-refractivity contribution in [2.24, 2.45) is 0 Å². The van der Waals surface area contributed by atoms with E-state index in [2.05, 4.69) is 32.0 Å². The number of halogens is 2. The smallest absolute Gasteiger partial charge is 0.229 e. The highest BCUT2D eigenvalue weighted by molar-refractivity contribution is 5.78. The molecule has 0 bridgehead atoms. The van der Waals surface area contributed by atoms with Gasteiger partial charge in [-0.05, 0) is 55.4 Å². The second kappa shape index (κ2) is 9.48. The standard InChI is InChI=1S/C26H28F2N6/c1-3-32-10-12-33(13-11-32)17-20-4-6-22(15-24(20)28)34-9-8-19-16-29-26(31-25(19)34)30-21-5-7-23(27)18(2)14-21/h4-9,14-16H,3,10-13,17H2,1-2H3,(H,29,30,31). The van der Waals surface area contributed by atoms with Crippen molar-refractivity contribution in [3.8, 4) is 5.69 Å². The van der Waals surface area contributed by atoms with Gasteiger partial charge >= 0.3 is 0 Å². The number of piperazine rings is 1. The molecule has 1 fully saturated rings. The lowest BCUT2D eigenvalue weighted by molar-refractivity contribution is 0.131. The van der Waals surface area contributed by atoms with Gasteiger partial charge in [0, 0.05) is 67.4 Å². The zero-order valence-electron chi connectivity index (χ0n) is 19.4. The van der Waals surface area contributed by atoms with Crippen LogP contribution in [-0.2, 0) is 6.54 Å². The van der Waals surface area contributed by atoms with Crippen LogP contribution in [0.2, 0.25) is 0 Å². The maximum Gasteiger partial charge on any atom is 0.229 e. The number of hydrogen-bond donors (Lipinski definition) is 1. The van der Waals surface area contributed by atoms with Gasteiger partial charge in [0.05, 0.1) is 0 Å². The molecule has 0 radical (unpaired) electrons. The van der Waals surface area contributed by atoms with Gasteiger partial charge in [-0.1, -0.05) is 13.0 Å². The molecule has 0 saturated carbocycles. The Kier molecular flexibility index (Phi) is 6.26. The molecule has 1 aliphatic heterocycles. The summed E-state index contributed by atoms with van der Waals surface area (Å²) in [6.07, 6.45) is 3.59. The van der Waals surface area contributed by atoms with Crippen molar-refractivity contribution < 1.29 is 8.78 Å². The highest BCUT2D eigenvalue weighted by Crippen LogP contribution is 2.24. The number of rotatable bonds is 6. The molecule has 176 valence electrons. The summed E-state index contributed by atoms with van der Waals surface area (Å²) >= 11 is 0. The molecule has 0 atom stereocenters. The topological polar surface area (TPSA) is 49.2 Å². The van der Waals surface area contributed by atoms with Gasteiger partial charge in [-0.25, -0.2) is 13.8 Å². The van der Waals surface area contributed by atoms with E-state index in [9.17, 15) is 4.39 Å². The Morgan fingerprint density at radius 1 is 0.941 bits per heavy atom. The molecule has 34 heavy (non-hydrogen) atoms. The van der Waals surface area contributed by atoms with Gasteiger partial charge in [0.15, 0.2) is 0 Å². The number of likely N-dealkylation sites (N-methyl/N-ethyl adjacent to an activating group) is 1. The van der Waals surface area contributed by atoms with Crippen molar-refractivity contribution in [1.29, 1.82) is 0 Å². The van der Waals surface area contributed by atoms with E-state index in [1.54, 1.807) is 31.3 Å². The average molecular weight is 463 g/mol. The van der Waals surface area contributed by atoms with E-state index in [-0.39, 0.29) is 11.6 Å². The number of aromatic nitrogens is 3. The first-order valence-electron chi connectivity index (χ1n) is 11.6. The fourth-order valence-electron chi connectivity index (χ4n) is 4.36. The van der Waals surface area contributed by atoms with Crippen molar-refractivity contribution in [3.63, 3.8) is 0 Å². The van der Waals surface area contributed by atoms with Gasteiger partial charge in [-0.3, -0.25) is 4.90 Å². The van der Waals surface area contributed by atoms with Gasteiger partial charge in [0.1, 0.15) is 17.3 Å². The van der Waals surface area contributed by atoms with Crippen molar-refractivity contribution >= 4 is 22.7 Å². The van der Waals surface area contributed by atoms with E-state index in [1.807, 2.05) is 29.0 Å².